The molecule has 1 aliphatic heterocycles. The molecule has 0 bridgehead atoms. The third-order valence-corrected chi connectivity index (χ3v) is 3.25. The predicted octanol–water partition coefficient (Wildman–Crippen LogP) is 2.92. The van der Waals surface area contributed by atoms with E-state index in [0.29, 0.717) is 5.92 Å². The molecule has 1 unspecified atom stereocenters. The van der Waals surface area contributed by atoms with Gasteiger partial charge in [0, 0.05) is 30.3 Å². The number of carbonyl (C=O) groups is 1. The van der Waals surface area contributed by atoms with Crippen molar-refractivity contribution in [2.75, 3.05) is 6.54 Å². The van der Waals surface area contributed by atoms with Crippen molar-refractivity contribution < 1.29 is 4.79 Å². The van der Waals surface area contributed by atoms with E-state index >= 15 is 0 Å². The van der Waals surface area contributed by atoms with E-state index < -0.39 is 0 Å². The summed E-state index contributed by atoms with van der Waals surface area (Å²) in [6, 6.07) is 0. The van der Waals surface area contributed by atoms with Crippen LogP contribution in [0.15, 0.2) is 17.3 Å². The van der Waals surface area contributed by atoms with Crippen LogP contribution in [0, 0.1) is 11.3 Å². The number of unbranched alkanes of at least 4 members (excludes halogenated alkanes) is 1. The Labute approximate surface area is 104 Å². The van der Waals surface area contributed by atoms with Gasteiger partial charge in [0.05, 0.1) is 0 Å². The molecule has 0 aromatic heterocycles. The van der Waals surface area contributed by atoms with E-state index in [0.717, 1.165) is 32.2 Å². The van der Waals surface area contributed by atoms with Gasteiger partial charge in [-0.3, -0.25) is 9.79 Å². The van der Waals surface area contributed by atoms with Crippen LogP contribution < -0.4 is 5.32 Å². The Morgan fingerprint density at radius 1 is 1.53 bits per heavy atom. The highest BCUT2D eigenvalue weighted by molar-refractivity contribution is 5.81. The number of aliphatic imine (C=N–C) groups is 1. The van der Waals surface area contributed by atoms with Crippen LogP contribution >= 0.6 is 0 Å². The molecule has 3 heteroatoms. The lowest BCUT2D eigenvalue weighted by Crippen LogP contribution is -2.39. The molecular formula is C14H24N2O. The number of carbonyl (C=O) groups excluding carboxylic acids is 1. The zero-order valence-electron chi connectivity index (χ0n) is 11.2. The largest absolute Gasteiger partial charge is 0.355 e. The minimum atomic E-state index is -0.248. The molecular weight excluding hydrogens is 212 g/mol. The minimum absolute atomic E-state index is 0.168. The van der Waals surface area contributed by atoms with Crippen LogP contribution in [-0.4, -0.2) is 18.7 Å². The predicted molar refractivity (Wildman–Crippen MR) is 72.1 cm³/mol. The smallest absolute Gasteiger partial charge is 0.225 e. The van der Waals surface area contributed by atoms with Crippen LogP contribution in [0.4, 0.5) is 0 Å². The molecule has 1 rings (SSSR count). The highest BCUT2D eigenvalue weighted by Gasteiger charge is 2.26. The summed E-state index contributed by atoms with van der Waals surface area (Å²) in [5.74, 6) is 0.570. The topological polar surface area (TPSA) is 41.5 Å². The van der Waals surface area contributed by atoms with Gasteiger partial charge in [-0.2, -0.15) is 0 Å². The third kappa shape index (κ3) is 4.72. The van der Waals surface area contributed by atoms with Crippen molar-refractivity contribution >= 4 is 12.1 Å². The molecule has 3 nitrogen and oxygen atoms in total. The van der Waals surface area contributed by atoms with Crippen LogP contribution in [0.1, 0.15) is 46.5 Å². The molecule has 17 heavy (non-hydrogen) atoms. The van der Waals surface area contributed by atoms with Gasteiger partial charge in [-0.25, -0.2) is 0 Å². The van der Waals surface area contributed by atoms with Crippen molar-refractivity contribution in [3.05, 3.63) is 12.3 Å². The molecule has 0 aromatic carbocycles. The summed E-state index contributed by atoms with van der Waals surface area (Å²) in [6.45, 7) is 6.92. The second-order valence-corrected chi connectivity index (χ2v) is 5.37. The van der Waals surface area contributed by atoms with E-state index in [4.69, 9.17) is 0 Å². The van der Waals surface area contributed by atoms with E-state index in [1.807, 2.05) is 26.3 Å². The van der Waals surface area contributed by atoms with Crippen LogP contribution in [0.5, 0.6) is 0 Å². The van der Waals surface area contributed by atoms with E-state index in [9.17, 15) is 4.79 Å². The Kier molecular flexibility index (Phi) is 5.39. The van der Waals surface area contributed by atoms with Gasteiger partial charge in [0.25, 0.3) is 0 Å². The molecule has 0 saturated carbocycles. The number of nitrogens with zero attached hydrogens (tertiary/aromatic N) is 1. The zero-order valence-corrected chi connectivity index (χ0v) is 11.2. The summed E-state index contributed by atoms with van der Waals surface area (Å²) in [7, 11) is 0. The second kappa shape index (κ2) is 6.58. The van der Waals surface area contributed by atoms with E-state index in [1.165, 1.54) is 0 Å². The van der Waals surface area contributed by atoms with Gasteiger partial charge >= 0.3 is 0 Å². The van der Waals surface area contributed by atoms with Crippen molar-refractivity contribution in [1.29, 1.82) is 0 Å². The second-order valence-electron chi connectivity index (χ2n) is 5.37. The SMILES string of the molecule is CCCCC(C)(C)C(=O)NCC1C=CN=CC1. The molecule has 1 atom stereocenters. The van der Waals surface area contributed by atoms with Gasteiger partial charge in [0.1, 0.15) is 0 Å². The van der Waals surface area contributed by atoms with Gasteiger partial charge < -0.3 is 5.32 Å². The van der Waals surface area contributed by atoms with Crippen LogP contribution in [0.25, 0.3) is 0 Å². The van der Waals surface area contributed by atoms with Gasteiger partial charge in [0.2, 0.25) is 5.91 Å². The van der Waals surface area contributed by atoms with Gasteiger partial charge in [0.15, 0.2) is 0 Å². The quantitative estimate of drug-likeness (QED) is 0.757. The van der Waals surface area contributed by atoms with E-state index in [1.54, 1.807) is 0 Å². The van der Waals surface area contributed by atoms with Gasteiger partial charge in [-0.05, 0) is 12.8 Å². The number of hydrogen-bond acceptors (Lipinski definition) is 2. The first-order chi connectivity index (χ1) is 8.06. The average molecular weight is 236 g/mol. The van der Waals surface area contributed by atoms with Crippen molar-refractivity contribution in [2.24, 2.45) is 16.3 Å². The number of rotatable bonds is 6. The average Bonchev–Trinajstić information content (AvgIpc) is 2.34. The Morgan fingerprint density at radius 2 is 2.29 bits per heavy atom. The lowest BCUT2D eigenvalue weighted by molar-refractivity contribution is -0.129. The fourth-order valence-electron chi connectivity index (χ4n) is 1.85. The maximum absolute atomic E-state index is 12.0. The minimum Gasteiger partial charge on any atom is -0.355 e. The fourth-order valence-corrected chi connectivity index (χ4v) is 1.85. The third-order valence-electron chi connectivity index (χ3n) is 3.25. The summed E-state index contributed by atoms with van der Waals surface area (Å²) < 4.78 is 0. The molecule has 0 aliphatic carbocycles. The van der Waals surface area contributed by atoms with Gasteiger partial charge in [-0.1, -0.05) is 39.7 Å². The summed E-state index contributed by atoms with van der Waals surface area (Å²) in [4.78, 5) is 16.1. The normalized spacial score (nSPS) is 19.4. The molecule has 0 aromatic rings. The highest BCUT2D eigenvalue weighted by Crippen LogP contribution is 2.23. The molecule has 1 amide bonds. The molecule has 1 N–H and O–H groups in total. The first-order valence-electron chi connectivity index (χ1n) is 6.53. The highest BCUT2D eigenvalue weighted by atomic mass is 16.2. The molecule has 96 valence electrons. The maximum atomic E-state index is 12.0. The van der Waals surface area contributed by atoms with E-state index in [2.05, 4.69) is 23.3 Å². The van der Waals surface area contributed by atoms with Crippen molar-refractivity contribution in [3.63, 3.8) is 0 Å². The molecule has 1 heterocycles. The monoisotopic (exact) mass is 236 g/mol. The lowest BCUT2D eigenvalue weighted by atomic mass is 9.86. The van der Waals surface area contributed by atoms with Gasteiger partial charge in [-0.15, -0.1) is 0 Å². The van der Waals surface area contributed by atoms with Crippen molar-refractivity contribution in [3.8, 4) is 0 Å². The van der Waals surface area contributed by atoms with Crippen LogP contribution in [-0.2, 0) is 4.79 Å². The van der Waals surface area contributed by atoms with Crippen molar-refractivity contribution in [1.82, 2.24) is 5.32 Å². The number of hydrogen-bond donors (Lipinski definition) is 1. The number of amides is 1. The van der Waals surface area contributed by atoms with Crippen molar-refractivity contribution in [2.45, 2.75) is 46.5 Å². The van der Waals surface area contributed by atoms with E-state index in [-0.39, 0.29) is 11.3 Å². The zero-order chi connectivity index (χ0) is 12.7. The summed E-state index contributed by atoms with van der Waals surface area (Å²) in [5.41, 5.74) is -0.248. The Balaban J connectivity index is 2.32. The van der Waals surface area contributed by atoms with Crippen LogP contribution in [0.3, 0.4) is 0 Å². The van der Waals surface area contributed by atoms with Crippen LogP contribution in [0.2, 0.25) is 0 Å². The molecule has 1 aliphatic rings. The first kappa shape index (κ1) is 13.9. The Morgan fingerprint density at radius 3 is 2.88 bits per heavy atom. The summed E-state index contributed by atoms with van der Waals surface area (Å²) in [6.07, 6.45) is 9.89. The molecule has 0 saturated heterocycles. The lowest BCUT2D eigenvalue weighted by Gasteiger charge is -2.24. The summed E-state index contributed by atoms with van der Waals surface area (Å²) >= 11 is 0. The first-order valence-corrected chi connectivity index (χ1v) is 6.53. The fraction of sp³-hybridized carbons (Fsp3) is 0.714. The molecule has 0 spiro atoms. The standard InChI is InChI=1S/C14H24N2O/c1-4-5-8-14(2,3)13(17)16-11-12-6-9-15-10-7-12/h6,9-10,12H,4-5,7-8,11H2,1-3H3,(H,16,17). The number of nitrogens with one attached hydrogen (secondary N) is 1. The molecule has 0 radical (unpaired) electrons. The maximum Gasteiger partial charge on any atom is 0.225 e. The Hall–Kier alpha value is -1.12. The Bertz CT molecular complexity index is 305. The summed E-state index contributed by atoms with van der Waals surface area (Å²) in [5, 5.41) is 3.05. The molecule has 0 fully saturated rings.